The molecule has 6 aromatic rings. The second-order valence-corrected chi connectivity index (χ2v) is 10.2. The van der Waals surface area contributed by atoms with Crippen LogP contribution in [0.5, 0.6) is 0 Å². The fraction of sp³-hybridized carbons (Fsp3) is 0.0270. The summed E-state index contributed by atoms with van der Waals surface area (Å²) >= 11 is 0. The summed E-state index contributed by atoms with van der Waals surface area (Å²) in [6, 6.07) is 27.8. The van der Waals surface area contributed by atoms with Gasteiger partial charge < -0.3 is 4.90 Å². The number of ketones is 2. The van der Waals surface area contributed by atoms with E-state index in [0.29, 0.717) is 11.1 Å². The van der Waals surface area contributed by atoms with Crippen LogP contribution in [0, 0.1) is 0 Å². The molecule has 5 aromatic carbocycles. The van der Waals surface area contributed by atoms with Crippen LogP contribution in [0.3, 0.4) is 0 Å². The molecule has 0 N–H and O–H groups in total. The minimum Gasteiger partial charge on any atom is -0.310 e. The summed E-state index contributed by atoms with van der Waals surface area (Å²) in [4.78, 5) is 36.7. The average molecular weight is 544 g/mol. The van der Waals surface area contributed by atoms with Gasteiger partial charge in [-0.05, 0) is 76.5 Å². The summed E-state index contributed by atoms with van der Waals surface area (Å²) in [5.74, 6) is -0.449. The lowest BCUT2D eigenvalue weighted by Crippen LogP contribution is -2.15. The van der Waals surface area contributed by atoms with Gasteiger partial charge in [0, 0.05) is 46.5 Å². The van der Waals surface area contributed by atoms with Crippen LogP contribution in [-0.2, 0) is 0 Å². The number of anilines is 2. The van der Waals surface area contributed by atoms with Crippen molar-refractivity contribution in [2.45, 2.75) is 6.92 Å². The lowest BCUT2D eigenvalue weighted by molar-refractivity contribution is 0.0990. The maximum atomic E-state index is 13.2. The number of aliphatic imine (C=N–C) groups is 1. The highest BCUT2D eigenvalue weighted by molar-refractivity contribution is 6.41. The fourth-order valence-corrected chi connectivity index (χ4v) is 6.04. The molecule has 5 heteroatoms. The Balaban J connectivity index is 1.47. The first-order valence-corrected chi connectivity index (χ1v) is 13.7. The van der Waals surface area contributed by atoms with Crippen LogP contribution in [0.25, 0.3) is 38.4 Å². The van der Waals surface area contributed by atoms with Gasteiger partial charge in [-0.25, -0.2) is 0 Å². The van der Waals surface area contributed by atoms with E-state index in [0.717, 1.165) is 55.0 Å². The smallest absolute Gasteiger partial charge is 0.197 e. The van der Waals surface area contributed by atoms with Gasteiger partial charge in [-0.3, -0.25) is 19.6 Å². The number of benzene rings is 5. The van der Waals surface area contributed by atoms with Gasteiger partial charge in [0.05, 0.1) is 11.3 Å². The van der Waals surface area contributed by atoms with E-state index in [4.69, 9.17) is 0 Å². The van der Waals surface area contributed by atoms with Crippen molar-refractivity contribution in [3.05, 3.63) is 144 Å². The molecule has 1 heterocycles. The lowest BCUT2D eigenvalue weighted by atomic mass is 9.90. The van der Waals surface area contributed by atoms with Crippen LogP contribution in [0.1, 0.15) is 33.2 Å². The second kappa shape index (κ2) is 10.1. The number of aromatic nitrogens is 1. The Morgan fingerprint density at radius 1 is 0.786 bits per heavy atom. The Hall–Kier alpha value is -5.68. The Bertz CT molecular complexity index is 2120. The van der Waals surface area contributed by atoms with Crippen molar-refractivity contribution in [2.75, 3.05) is 4.90 Å². The van der Waals surface area contributed by atoms with Gasteiger partial charge in [0.25, 0.3) is 0 Å². The zero-order chi connectivity index (χ0) is 28.8. The largest absolute Gasteiger partial charge is 0.310 e. The zero-order valence-corrected chi connectivity index (χ0v) is 22.9. The summed E-state index contributed by atoms with van der Waals surface area (Å²) in [5.41, 5.74) is 4.88. The van der Waals surface area contributed by atoms with Crippen molar-refractivity contribution in [2.24, 2.45) is 4.99 Å². The van der Waals surface area contributed by atoms with Crippen LogP contribution < -0.4 is 4.90 Å². The topological polar surface area (TPSA) is 62.6 Å². The molecule has 5 nitrogen and oxygen atoms in total. The first kappa shape index (κ1) is 25.3. The van der Waals surface area contributed by atoms with Crippen molar-refractivity contribution < 1.29 is 9.59 Å². The van der Waals surface area contributed by atoms with E-state index in [-0.39, 0.29) is 17.1 Å². The highest BCUT2D eigenvalue weighted by atomic mass is 16.2. The van der Waals surface area contributed by atoms with E-state index in [1.165, 1.54) is 0 Å². The normalized spacial score (nSPS) is 13.5. The van der Waals surface area contributed by atoms with Crippen LogP contribution in [0.4, 0.5) is 11.4 Å². The zero-order valence-electron chi connectivity index (χ0n) is 22.9. The van der Waals surface area contributed by atoms with Gasteiger partial charge in [0.15, 0.2) is 11.6 Å². The van der Waals surface area contributed by atoms with Gasteiger partial charge in [0.2, 0.25) is 0 Å². The summed E-state index contributed by atoms with van der Waals surface area (Å²) in [6.45, 7) is 5.60. The van der Waals surface area contributed by atoms with Crippen LogP contribution in [0.2, 0.25) is 0 Å². The third-order valence-electron chi connectivity index (χ3n) is 7.95. The first-order valence-electron chi connectivity index (χ1n) is 13.7. The molecule has 200 valence electrons. The molecular formula is C37H25N3O2. The number of nitrogens with zero attached hydrogens (tertiary/aromatic N) is 3. The van der Waals surface area contributed by atoms with E-state index in [9.17, 15) is 9.59 Å². The number of hydrogen-bond acceptors (Lipinski definition) is 5. The molecular weight excluding hydrogens is 518 g/mol. The number of hydrogen-bond donors (Lipinski definition) is 0. The average Bonchev–Trinajstić information content (AvgIpc) is 3.28. The lowest BCUT2D eigenvalue weighted by Gasteiger charge is -2.28. The third-order valence-corrected chi connectivity index (χ3v) is 7.95. The third kappa shape index (κ3) is 3.86. The molecule has 0 aliphatic heterocycles. The number of allylic oxidation sites excluding steroid dienone is 3. The first-order chi connectivity index (χ1) is 20.6. The van der Waals surface area contributed by atoms with Gasteiger partial charge >= 0.3 is 0 Å². The summed E-state index contributed by atoms with van der Waals surface area (Å²) in [5, 5.41) is 6.48. The molecule has 42 heavy (non-hydrogen) atoms. The summed E-state index contributed by atoms with van der Waals surface area (Å²) in [6.07, 6.45) is 11.0. The maximum Gasteiger partial charge on any atom is 0.197 e. The number of Topliss-reactive ketones (excluding diaryl/α,β-unsaturated/α-hetero) is 2. The van der Waals surface area contributed by atoms with Gasteiger partial charge in [-0.1, -0.05) is 72.8 Å². The van der Waals surface area contributed by atoms with Gasteiger partial charge in [-0.15, -0.1) is 0 Å². The Labute approximate surface area is 242 Å². The highest BCUT2D eigenvalue weighted by Crippen LogP contribution is 2.43. The van der Waals surface area contributed by atoms with Crippen molar-refractivity contribution in [3.63, 3.8) is 0 Å². The molecule has 0 atom stereocenters. The number of rotatable bonds is 6. The fourth-order valence-electron chi connectivity index (χ4n) is 6.04. The van der Waals surface area contributed by atoms with Crippen molar-refractivity contribution in [1.82, 2.24) is 4.98 Å². The van der Waals surface area contributed by atoms with Gasteiger partial charge in [-0.2, -0.15) is 0 Å². The number of carbonyl (C=O) groups excluding carboxylic acids is 2. The highest BCUT2D eigenvalue weighted by Gasteiger charge is 2.32. The van der Waals surface area contributed by atoms with Crippen LogP contribution in [-0.4, -0.2) is 23.3 Å². The number of pyridine rings is 1. The molecule has 1 aliphatic rings. The molecule has 0 unspecified atom stereocenters. The maximum absolute atomic E-state index is 13.2. The molecule has 0 saturated carbocycles. The Kier molecular flexibility index (Phi) is 6.06. The van der Waals surface area contributed by atoms with Gasteiger partial charge in [0.1, 0.15) is 0 Å². The van der Waals surface area contributed by atoms with Crippen molar-refractivity contribution in [3.8, 4) is 0 Å². The van der Waals surface area contributed by atoms with Crippen LogP contribution in [0.15, 0.2) is 132 Å². The molecule has 0 radical (unpaired) electrons. The second-order valence-electron chi connectivity index (χ2n) is 10.2. The minimum absolute atomic E-state index is 0.205. The van der Waals surface area contributed by atoms with E-state index in [1.54, 1.807) is 48.9 Å². The predicted molar refractivity (Wildman–Crippen MR) is 172 cm³/mol. The van der Waals surface area contributed by atoms with Crippen molar-refractivity contribution >= 4 is 68.1 Å². The molecule has 0 spiro atoms. The standard InChI is InChI=1S/C37H25N3O2/c1-3-26(16-19-38-2)40(27-17-20-39-21-18-27)33-15-12-24-10-13-28-25(9-8-23-11-14-31(33)35(24)34(23)28)22-32-36(41)29-6-4-5-7-30(29)37(32)42/h3-22H,2H2,1H3/b19-16-,26-3+. The molecule has 1 aliphatic carbocycles. The monoisotopic (exact) mass is 543 g/mol. The van der Waals surface area contributed by atoms with E-state index < -0.39 is 0 Å². The molecule has 1 aromatic heterocycles. The molecule has 0 amide bonds. The Morgan fingerprint density at radius 2 is 1.40 bits per heavy atom. The van der Waals surface area contributed by atoms with Crippen molar-refractivity contribution in [1.29, 1.82) is 0 Å². The van der Waals surface area contributed by atoms with E-state index in [2.05, 4.69) is 64.1 Å². The van der Waals surface area contributed by atoms with E-state index in [1.807, 2.05) is 37.3 Å². The molecule has 0 fully saturated rings. The quantitative estimate of drug-likeness (QED) is 0.0693. The predicted octanol–water partition coefficient (Wildman–Crippen LogP) is 8.70. The Morgan fingerprint density at radius 3 is 2.07 bits per heavy atom. The summed E-state index contributed by atoms with van der Waals surface area (Å²) in [7, 11) is 0. The molecule has 0 bridgehead atoms. The molecule has 0 saturated heterocycles. The number of fused-ring (bicyclic) bond motifs is 1. The van der Waals surface area contributed by atoms with Crippen LogP contribution >= 0.6 is 0 Å². The number of carbonyl (C=O) groups is 2. The molecule has 7 rings (SSSR count). The summed E-state index contributed by atoms with van der Waals surface area (Å²) < 4.78 is 0. The minimum atomic E-state index is -0.225. The van der Waals surface area contributed by atoms with E-state index >= 15 is 0 Å². The SMILES string of the molecule is C=N/C=C\C(=C/C)N(c1ccncc1)c1ccc2ccc3c(C=C4C(=O)c5ccccc5C4=O)ccc4ccc1c2c43.